The number of rotatable bonds is 2. The van der Waals surface area contributed by atoms with Gasteiger partial charge in [-0.05, 0) is 50.6 Å². The number of nitrogens with zero attached hydrogens (tertiary/aromatic N) is 4. The number of fused-ring (bicyclic) bond motifs is 1. The van der Waals surface area contributed by atoms with Gasteiger partial charge in [0.15, 0.2) is 11.6 Å². The van der Waals surface area contributed by atoms with Crippen molar-refractivity contribution in [3.8, 4) is 11.5 Å². The number of allylic oxidation sites excluding steroid dienone is 2. The molecule has 4 heterocycles. The zero-order chi connectivity index (χ0) is 30.0. The minimum absolute atomic E-state index is 0.175. The SMILES string of the molecule is CC(C)(C)OC(=O)N1CCn2cc(C3=C(c4cnc5ccccn45)C(=O)CC3=O)c3cc(C#C[Si](C)(C)C)cc(c32)C1. The lowest BCUT2D eigenvalue weighted by Crippen LogP contribution is -2.37. The number of carbonyl (C=O) groups excluding carboxylic acids is 3. The highest BCUT2D eigenvalue weighted by Crippen LogP contribution is 2.41. The molecule has 6 rings (SSSR count). The summed E-state index contributed by atoms with van der Waals surface area (Å²) in [7, 11) is -1.69. The van der Waals surface area contributed by atoms with Crippen LogP contribution in [0.1, 0.15) is 49.6 Å². The summed E-state index contributed by atoms with van der Waals surface area (Å²) in [5, 5.41) is 0.850. The van der Waals surface area contributed by atoms with Crippen LogP contribution in [0.15, 0.2) is 48.9 Å². The Morgan fingerprint density at radius 2 is 1.81 bits per heavy atom. The number of imidazole rings is 1. The summed E-state index contributed by atoms with van der Waals surface area (Å²) in [5.41, 5.74) is 8.36. The molecule has 1 aromatic carbocycles. The molecule has 42 heavy (non-hydrogen) atoms. The van der Waals surface area contributed by atoms with Gasteiger partial charge in [-0.15, -0.1) is 5.54 Å². The molecular formula is C33H34N4O4Si. The third-order valence-electron chi connectivity index (χ3n) is 7.33. The lowest BCUT2D eigenvalue weighted by atomic mass is 9.96. The molecule has 2 aliphatic rings. The number of hydrogen-bond acceptors (Lipinski definition) is 5. The van der Waals surface area contributed by atoms with Crippen molar-refractivity contribution in [2.75, 3.05) is 6.54 Å². The highest BCUT2D eigenvalue weighted by atomic mass is 28.3. The van der Waals surface area contributed by atoms with Crippen molar-refractivity contribution in [3.63, 3.8) is 0 Å². The number of ether oxygens (including phenoxy) is 1. The highest BCUT2D eigenvalue weighted by molar-refractivity contribution is 6.83. The van der Waals surface area contributed by atoms with Crippen LogP contribution in [0.2, 0.25) is 19.6 Å². The van der Waals surface area contributed by atoms with Crippen molar-refractivity contribution in [1.82, 2.24) is 18.9 Å². The molecule has 0 fully saturated rings. The monoisotopic (exact) mass is 578 g/mol. The van der Waals surface area contributed by atoms with Crippen molar-refractivity contribution in [1.29, 1.82) is 0 Å². The summed E-state index contributed by atoms with van der Waals surface area (Å²) in [6.45, 7) is 13.5. The van der Waals surface area contributed by atoms with Crippen LogP contribution in [0.25, 0.3) is 27.7 Å². The molecule has 0 radical (unpaired) electrons. The molecule has 214 valence electrons. The fourth-order valence-electron chi connectivity index (χ4n) is 5.63. The van der Waals surface area contributed by atoms with E-state index in [0.717, 1.165) is 22.0 Å². The Balaban J connectivity index is 1.58. The zero-order valence-electron chi connectivity index (χ0n) is 24.9. The predicted molar refractivity (Wildman–Crippen MR) is 165 cm³/mol. The lowest BCUT2D eigenvalue weighted by molar-refractivity contribution is -0.119. The third-order valence-corrected chi connectivity index (χ3v) is 8.20. The molecule has 0 unspecified atom stereocenters. The van der Waals surface area contributed by atoms with Gasteiger partial charge in [-0.2, -0.15) is 0 Å². The maximum atomic E-state index is 13.5. The summed E-state index contributed by atoms with van der Waals surface area (Å²) in [4.78, 5) is 46.2. The summed E-state index contributed by atoms with van der Waals surface area (Å²) < 4.78 is 9.65. The number of carbonyl (C=O) groups is 3. The minimum atomic E-state index is -1.69. The third kappa shape index (κ3) is 5.07. The van der Waals surface area contributed by atoms with Crippen LogP contribution in [0.3, 0.4) is 0 Å². The van der Waals surface area contributed by atoms with Gasteiger partial charge in [-0.3, -0.25) is 14.0 Å². The van der Waals surface area contributed by atoms with Gasteiger partial charge in [0.05, 0.1) is 35.9 Å². The molecule has 0 saturated heterocycles. The van der Waals surface area contributed by atoms with Crippen molar-refractivity contribution in [2.24, 2.45) is 0 Å². The van der Waals surface area contributed by atoms with E-state index in [-0.39, 0.29) is 24.1 Å². The van der Waals surface area contributed by atoms with Crippen LogP contribution < -0.4 is 0 Å². The summed E-state index contributed by atoms with van der Waals surface area (Å²) in [6.07, 6.45) is 4.93. The minimum Gasteiger partial charge on any atom is -0.444 e. The van der Waals surface area contributed by atoms with Crippen molar-refractivity contribution >= 4 is 53.4 Å². The zero-order valence-corrected chi connectivity index (χ0v) is 25.9. The number of benzene rings is 1. The topological polar surface area (TPSA) is 85.9 Å². The molecule has 9 heteroatoms. The van der Waals surface area contributed by atoms with Gasteiger partial charge in [0.25, 0.3) is 0 Å². The molecule has 1 amide bonds. The number of aromatic nitrogens is 3. The Morgan fingerprint density at radius 1 is 1.05 bits per heavy atom. The summed E-state index contributed by atoms with van der Waals surface area (Å²) in [5.74, 6) is 2.96. The van der Waals surface area contributed by atoms with Gasteiger partial charge < -0.3 is 14.2 Å². The maximum absolute atomic E-state index is 13.5. The Hall–Kier alpha value is -4.42. The van der Waals surface area contributed by atoms with Crippen LogP contribution in [-0.4, -0.2) is 56.7 Å². The second kappa shape index (κ2) is 9.84. The number of hydrogen-bond donors (Lipinski definition) is 0. The first-order chi connectivity index (χ1) is 19.8. The van der Waals surface area contributed by atoms with Crippen molar-refractivity contribution < 1.29 is 19.1 Å². The number of pyridine rings is 1. The van der Waals surface area contributed by atoms with E-state index < -0.39 is 13.7 Å². The smallest absolute Gasteiger partial charge is 0.410 e. The number of Topliss-reactive ketones (excluding diaryl/α,β-unsaturated/α-hetero) is 2. The molecule has 3 aromatic heterocycles. The quantitative estimate of drug-likeness (QED) is 0.173. The second-order valence-corrected chi connectivity index (χ2v) is 17.8. The van der Waals surface area contributed by atoms with E-state index in [0.29, 0.717) is 47.7 Å². The van der Waals surface area contributed by atoms with Crippen molar-refractivity contribution in [3.05, 3.63) is 71.3 Å². The van der Waals surface area contributed by atoms with E-state index in [1.165, 1.54) is 0 Å². The van der Waals surface area contributed by atoms with Crippen LogP contribution in [-0.2, 0) is 27.4 Å². The highest BCUT2D eigenvalue weighted by Gasteiger charge is 2.36. The van der Waals surface area contributed by atoms with Gasteiger partial charge in [-0.1, -0.05) is 31.6 Å². The molecule has 0 saturated carbocycles. The molecule has 1 aliphatic heterocycles. The first kappa shape index (κ1) is 27.7. The van der Waals surface area contributed by atoms with Crippen LogP contribution in [0.4, 0.5) is 4.79 Å². The van der Waals surface area contributed by atoms with Gasteiger partial charge in [0, 0.05) is 47.6 Å². The van der Waals surface area contributed by atoms with E-state index in [1.807, 2.05) is 67.9 Å². The van der Waals surface area contributed by atoms with Gasteiger partial charge in [0.1, 0.15) is 19.3 Å². The van der Waals surface area contributed by atoms with Crippen LogP contribution in [0.5, 0.6) is 0 Å². The van der Waals surface area contributed by atoms with Crippen LogP contribution in [0, 0.1) is 11.5 Å². The first-order valence-electron chi connectivity index (χ1n) is 14.2. The fraction of sp³-hybridized carbons (Fsp3) is 0.333. The predicted octanol–water partition coefficient (Wildman–Crippen LogP) is 5.72. The number of amides is 1. The summed E-state index contributed by atoms with van der Waals surface area (Å²) in [6, 6.07) is 9.70. The van der Waals surface area contributed by atoms with Gasteiger partial charge >= 0.3 is 6.09 Å². The second-order valence-electron chi connectivity index (χ2n) is 13.0. The van der Waals surface area contributed by atoms with Crippen LogP contribution >= 0.6 is 0 Å². The lowest BCUT2D eigenvalue weighted by Gasteiger charge is -2.26. The number of ketones is 2. The Bertz CT molecular complexity index is 1900. The van der Waals surface area contributed by atoms with Crippen molar-refractivity contribution in [2.45, 2.75) is 65.5 Å². The average Bonchev–Trinajstić information content (AvgIpc) is 3.51. The van der Waals surface area contributed by atoms with E-state index in [4.69, 9.17) is 4.74 Å². The normalized spacial score (nSPS) is 15.8. The van der Waals surface area contributed by atoms with E-state index >= 15 is 0 Å². The van der Waals surface area contributed by atoms with E-state index in [1.54, 1.807) is 11.1 Å². The van der Waals surface area contributed by atoms with E-state index in [9.17, 15) is 14.4 Å². The molecule has 1 aliphatic carbocycles. The maximum Gasteiger partial charge on any atom is 0.410 e. The molecule has 0 atom stereocenters. The molecule has 4 aromatic rings. The first-order valence-corrected chi connectivity index (χ1v) is 17.7. The Morgan fingerprint density at radius 3 is 2.55 bits per heavy atom. The Kier molecular flexibility index (Phi) is 6.50. The van der Waals surface area contributed by atoms with E-state index in [2.05, 4.69) is 40.7 Å². The Labute approximate surface area is 246 Å². The molecule has 0 bridgehead atoms. The molecule has 8 nitrogen and oxygen atoms in total. The van der Waals surface area contributed by atoms with Gasteiger partial charge in [0.2, 0.25) is 0 Å². The molecule has 0 N–H and O–H groups in total. The molecular weight excluding hydrogens is 544 g/mol. The fourth-order valence-corrected chi connectivity index (χ4v) is 6.15. The standard InChI is InChI=1S/C33H34N4O4Si/c1-33(2,3)41-32(40)36-13-12-35-20-24(23-16-21(10-14-42(4,5)6)15-22(19-36)31(23)35)29-26(38)17-27(39)30(29)25-18-34-28-9-7-8-11-37(25)28/h7-9,11,15-16,18,20H,12-13,17,19H2,1-6H3. The van der Waals surface area contributed by atoms with Gasteiger partial charge in [-0.25, -0.2) is 9.78 Å². The molecule has 0 spiro atoms. The largest absolute Gasteiger partial charge is 0.444 e. The average molecular weight is 579 g/mol. The summed E-state index contributed by atoms with van der Waals surface area (Å²) >= 11 is 0.